The van der Waals surface area contributed by atoms with E-state index in [0.717, 1.165) is 13.0 Å². The number of ether oxygens (including phenoxy) is 1. The summed E-state index contributed by atoms with van der Waals surface area (Å²) in [5, 5.41) is 0. The zero-order valence-electron chi connectivity index (χ0n) is 10.6. The van der Waals surface area contributed by atoms with Crippen molar-refractivity contribution in [2.45, 2.75) is 39.8 Å². The van der Waals surface area contributed by atoms with E-state index in [0.29, 0.717) is 6.61 Å². The zero-order chi connectivity index (χ0) is 12.0. The quantitative estimate of drug-likeness (QED) is 0.776. The maximum atomic E-state index is 6.05. The van der Waals surface area contributed by atoms with E-state index in [1.807, 2.05) is 18.2 Å². The summed E-state index contributed by atoms with van der Waals surface area (Å²) in [5.74, 6) is 0. The average molecular weight is 221 g/mol. The Hall–Kier alpha value is -0.860. The first-order valence-corrected chi connectivity index (χ1v) is 5.87. The van der Waals surface area contributed by atoms with E-state index in [4.69, 9.17) is 10.5 Å². The molecule has 0 aromatic heterocycles. The molecule has 0 aliphatic rings. The van der Waals surface area contributed by atoms with Gasteiger partial charge in [-0.3, -0.25) is 0 Å². The molecule has 0 heterocycles. The molecular weight excluding hydrogens is 198 g/mol. The number of rotatable bonds is 5. The van der Waals surface area contributed by atoms with Gasteiger partial charge in [-0.1, -0.05) is 51.1 Å². The molecule has 2 nitrogen and oxygen atoms in total. The summed E-state index contributed by atoms with van der Waals surface area (Å²) >= 11 is 0. The van der Waals surface area contributed by atoms with Crippen LogP contribution in [-0.2, 0) is 11.3 Å². The fourth-order valence-corrected chi connectivity index (χ4v) is 1.41. The van der Waals surface area contributed by atoms with Crippen LogP contribution in [0.2, 0.25) is 0 Å². The van der Waals surface area contributed by atoms with Crippen LogP contribution in [0.3, 0.4) is 0 Å². The second-order valence-corrected chi connectivity index (χ2v) is 5.30. The van der Waals surface area contributed by atoms with Gasteiger partial charge in [0.2, 0.25) is 0 Å². The summed E-state index contributed by atoms with van der Waals surface area (Å²) in [7, 11) is 0. The molecule has 0 aliphatic carbocycles. The Kier molecular flexibility index (Phi) is 4.97. The average Bonchev–Trinajstić information content (AvgIpc) is 2.24. The Labute approximate surface area is 98.8 Å². The van der Waals surface area contributed by atoms with Crippen LogP contribution in [0.15, 0.2) is 30.3 Å². The summed E-state index contributed by atoms with van der Waals surface area (Å²) in [5.41, 5.74) is 7.43. The molecule has 0 radical (unpaired) electrons. The number of nitrogens with two attached hydrogens (primary N) is 1. The minimum Gasteiger partial charge on any atom is -0.377 e. The maximum Gasteiger partial charge on any atom is 0.0716 e. The molecule has 1 atom stereocenters. The van der Waals surface area contributed by atoms with Crippen molar-refractivity contribution in [3.63, 3.8) is 0 Å². The monoisotopic (exact) mass is 221 g/mol. The Balaban J connectivity index is 2.18. The molecule has 16 heavy (non-hydrogen) atoms. The van der Waals surface area contributed by atoms with Gasteiger partial charge in [-0.2, -0.15) is 0 Å². The van der Waals surface area contributed by atoms with E-state index in [9.17, 15) is 0 Å². The van der Waals surface area contributed by atoms with Crippen LogP contribution in [0, 0.1) is 5.41 Å². The van der Waals surface area contributed by atoms with Crippen molar-refractivity contribution >= 4 is 0 Å². The lowest BCUT2D eigenvalue weighted by molar-refractivity contribution is 0.103. The molecular formula is C14H23NO. The maximum absolute atomic E-state index is 6.05. The molecule has 90 valence electrons. The first-order chi connectivity index (χ1) is 7.50. The van der Waals surface area contributed by atoms with Gasteiger partial charge in [-0.05, 0) is 17.4 Å². The molecule has 1 rings (SSSR count). The summed E-state index contributed by atoms with van der Waals surface area (Å²) < 4.78 is 5.61. The highest BCUT2D eigenvalue weighted by Crippen LogP contribution is 2.19. The predicted octanol–water partition coefficient (Wildman–Crippen LogP) is 2.97. The van der Waals surface area contributed by atoms with E-state index in [-0.39, 0.29) is 11.5 Å². The SMILES string of the molecule is CC(C)(C)C(N)CCOCc1ccccc1. The van der Waals surface area contributed by atoms with Crippen LogP contribution in [0.25, 0.3) is 0 Å². The number of benzene rings is 1. The van der Waals surface area contributed by atoms with Crippen molar-refractivity contribution in [3.8, 4) is 0 Å². The molecule has 1 aromatic rings. The van der Waals surface area contributed by atoms with E-state index >= 15 is 0 Å². The van der Waals surface area contributed by atoms with Gasteiger partial charge >= 0.3 is 0 Å². The molecule has 2 N–H and O–H groups in total. The Bertz CT molecular complexity index is 289. The lowest BCUT2D eigenvalue weighted by Gasteiger charge is -2.26. The van der Waals surface area contributed by atoms with Gasteiger partial charge in [0.25, 0.3) is 0 Å². The minimum absolute atomic E-state index is 0.163. The van der Waals surface area contributed by atoms with Crippen LogP contribution in [0.1, 0.15) is 32.8 Å². The normalized spacial score (nSPS) is 13.8. The number of hydrogen-bond donors (Lipinski definition) is 1. The van der Waals surface area contributed by atoms with Crippen LogP contribution in [-0.4, -0.2) is 12.6 Å². The molecule has 0 aliphatic heterocycles. The standard InChI is InChI=1S/C14H23NO/c1-14(2,3)13(15)9-10-16-11-12-7-5-4-6-8-12/h4-8,13H,9-11,15H2,1-3H3. The van der Waals surface area contributed by atoms with Gasteiger partial charge in [0, 0.05) is 12.6 Å². The Morgan fingerprint density at radius 3 is 2.38 bits per heavy atom. The van der Waals surface area contributed by atoms with Gasteiger partial charge in [0.15, 0.2) is 0 Å². The molecule has 0 bridgehead atoms. The largest absolute Gasteiger partial charge is 0.377 e. The molecule has 0 saturated carbocycles. The van der Waals surface area contributed by atoms with Gasteiger partial charge in [0.1, 0.15) is 0 Å². The van der Waals surface area contributed by atoms with Crippen molar-refractivity contribution in [2.75, 3.05) is 6.61 Å². The topological polar surface area (TPSA) is 35.2 Å². The van der Waals surface area contributed by atoms with Gasteiger partial charge in [0.05, 0.1) is 6.61 Å². The third kappa shape index (κ3) is 4.77. The van der Waals surface area contributed by atoms with Crippen molar-refractivity contribution in [1.29, 1.82) is 0 Å². The first-order valence-electron chi connectivity index (χ1n) is 5.87. The zero-order valence-corrected chi connectivity index (χ0v) is 10.6. The highest BCUT2D eigenvalue weighted by atomic mass is 16.5. The van der Waals surface area contributed by atoms with Crippen LogP contribution in [0.4, 0.5) is 0 Å². The molecule has 1 unspecified atom stereocenters. The summed E-state index contributed by atoms with van der Waals surface area (Å²) in [6.07, 6.45) is 0.913. The van der Waals surface area contributed by atoms with Crippen molar-refractivity contribution < 1.29 is 4.74 Å². The third-order valence-electron chi connectivity index (χ3n) is 2.80. The Morgan fingerprint density at radius 2 is 1.81 bits per heavy atom. The fraction of sp³-hybridized carbons (Fsp3) is 0.571. The second-order valence-electron chi connectivity index (χ2n) is 5.30. The van der Waals surface area contributed by atoms with Crippen LogP contribution in [0.5, 0.6) is 0 Å². The molecule has 0 saturated heterocycles. The van der Waals surface area contributed by atoms with Gasteiger partial charge in [-0.25, -0.2) is 0 Å². The van der Waals surface area contributed by atoms with Crippen molar-refractivity contribution in [3.05, 3.63) is 35.9 Å². The lowest BCUT2D eigenvalue weighted by Crippen LogP contribution is -2.35. The van der Waals surface area contributed by atoms with E-state index < -0.39 is 0 Å². The lowest BCUT2D eigenvalue weighted by atomic mass is 9.86. The molecule has 2 heteroatoms. The molecule has 0 amide bonds. The van der Waals surface area contributed by atoms with Gasteiger partial charge < -0.3 is 10.5 Å². The highest BCUT2D eigenvalue weighted by molar-refractivity contribution is 5.13. The summed E-state index contributed by atoms with van der Waals surface area (Å²) in [6.45, 7) is 7.89. The van der Waals surface area contributed by atoms with Crippen molar-refractivity contribution in [2.24, 2.45) is 11.1 Å². The number of hydrogen-bond acceptors (Lipinski definition) is 2. The summed E-state index contributed by atoms with van der Waals surface area (Å²) in [4.78, 5) is 0. The second kappa shape index (κ2) is 6.02. The van der Waals surface area contributed by atoms with Crippen LogP contribution < -0.4 is 5.73 Å². The van der Waals surface area contributed by atoms with E-state index in [1.165, 1.54) is 5.56 Å². The van der Waals surface area contributed by atoms with Crippen LogP contribution >= 0.6 is 0 Å². The first kappa shape index (κ1) is 13.2. The fourth-order valence-electron chi connectivity index (χ4n) is 1.41. The Morgan fingerprint density at radius 1 is 1.19 bits per heavy atom. The third-order valence-corrected chi connectivity index (χ3v) is 2.80. The predicted molar refractivity (Wildman–Crippen MR) is 68.1 cm³/mol. The van der Waals surface area contributed by atoms with Crippen molar-refractivity contribution in [1.82, 2.24) is 0 Å². The van der Waals surface area contributed by atoms with E-state index in [1.54, 1.807) is 0 Å². The highest BCUT2D eigenvalue weighted by Gasteiger charge is 2.19. The minimum atomic E-state index is 0.163. The molecule has 0 spiro atoms. The molecule has 0 fully saturated rings. The smallest absolute Gasteiger partial charge is 0.0716 e. The summed E-state index contributed by atoms with van der Waals surface area (Å²) in [6, 6.07) is 10.4. The molecule has 1 aromatic carbocycles. The van der Waals surface area contributed by atoms with E-state index in [2.05, 4.69) is 32.9 Å². The van der Waals surface area contributed by atoms with Gasteiger partial charge in [-0.15, -0.1) is 0 Å².